The second-order valence-electron chi connectivity index (χ2n) is 9.77. The van der Waals surface area contributed by atoms with E-state index in [1.165, 1.54) is 4.90 Å². The standard InChI is InChI=1S/C28H31ClN4O6/c1-2-32(12-10-24-20-14-18(29)7-6-17(20)16-39-24)28(37)30-11-13-38-23-5-3-4-19-21(23)15-33(27(19)36)22-8-9-25(34)31-26(22)35/h3-7,14,22,24H,2,8-13,15-16H2,1H3,(H,30,37)(H,31,34,35). The van der Waals surface area contributed by atoms with Crippen molar-refractivity contribution >= 4 is 35.4 Å². The average Bonchev–Trinajstić information content (AvgIpc) is 3.47. The molecule has 2 N–H and O–H groups in total. The Labute approximate surface area is 231 Å². The van der Waals surface area contributed by atoms with Gasteiger partial charge < -0.3 is 24.6 Å². The van der Waals surface area contributed by atoms with Gasteiger partial charge in [-0.1, -0.05) is 23.7 Å². The second kappa shape index (κ2) is 11.6. The number of hydrogen-bond acceptors (Lipinski definition) is 6. The van der Waals surface area contributed by atoms with Crippen LogP contribution in [-0.4, -0.2) is 65.8 Å². The SMILES string of the molecule is CCN(CCC1OCc2ccc(Cl)cc21)C(=O)NCCOc1cccc2c1CN(C1CCC(=O)NC1=O)C2=O. The maximum atomic E-state index is 13.0. The van der Waals surface area contributed by atoms with Crippen molar-refractivity contribution in [3.63, 3.8) is 0 Å². The van der Waals surface area contributed by atoms with Crippen LogP contribution in [0.3, 0.4) is 0 Å². The number of urea groups is 1. The van der Waals surface area contributed by atoms with Crippen LogP contribution in [0.5, 0.6) is 5.75 Å². The molecule has 0 aliphatic carbocycles. The van der Waals surface area contributed by atoms with Gasteiger partial charge in [-0.25, -0.2) is 4.79 Å². The van der Waals surface area contributed by atoms with Gasteiger partial charge in [-0.15, -0.1) is 0 Å². The highest BCUT2D eigenvalue weighted by molar-refractivity contribution is 6.30. The van der Waals surface area contributed by atoms with E-state index in [-0.39, 0.29) is 50.1 Å². The molecule has 11 heteroatoms. The van der Waals surface area contributed by atoms with E-state index in [4.69, 9.17) is 21.1 Å². The lowest BCUT2D eigenvalue weighted by atomic mass is 10.0. The van der Waals surface area contributed by atoms with E-state index >= 15 is 0 Å². The van der Waals surface area contributed by atoms with Crippen molar-refractivity contribution in [2.24, 2.45) is 0 Å². The Balaban J connectivity index is 1.11. The number of halogens is 1. The van der Waals surface area contributed by atoms with E-state index in [1.54, 1.807) is 23.1 Å². The number of amides is 5. The molecule has 2 unspecified atom stereocenters. The van der Waals surface area contributed by atoms with Gasteiger partial charge in [-0.05, 0) is 55.2 Å². The molecule has 206 valence electrons. The summed E-state index contributed by atoms with van der Waals surface area (Å²) in [6, 6.07) is 10.1. The summed E-state index contributed by atoms with van der Waals surface area (Å²) in [5.74, 6) is -0.498. The van der Waals surface area contributed by atoms with Gasteiger partial charge in [0.25, 0.3) is 5.91 Å². The fraction of sp³-hybridized carbons (Fsp3) is 0.429. The maximum absolute atomic E-state index is 13.0. The number of rotatable bonds is 9. The first-order chi connectivity index (χ1) is 18.9. The fourth-order valence-corrected chi connectivity index (χ4v) is 5.50. The molecule has 0 aromatic heterocycles. The van der Waals surface area contributed by atoms with Crippen LogP contribution < -0.4 is 15.4 Å². The van der Waals surface area contributed by atoms with Crippen LogP contribution in [0.25, 0.3) is 0 Å². The van der Waals surface area contributed by atoms with E-state index < -0.39 is 11.9 Å². The lowest BCUT2D eigenvalue weighted by Gasteiger charge is -2.29. The Morgan fingerprint density at radius 3 is 2.90 bits per heavy atom. The zero-order chi connectivity index (χ0) is 27.5. The first-order valence-corrected chi connectivity index (χ1v) is 13.6. The fourth-order valence-electron chi connectivity index (χ4n) is 5.32. The molecule has 0 saturated carbocycles. The minimum atomic E-state index is -0.685. The van der Waals surface area contributed by atoms with Crippen molar-refractivity contribution in [1.82, 2.24) is 20.4 Å². The molecule has 2 aromatic rings. The van der Waals surface area contributed by atoms with E-state index in [1.807, 2.05) is 25.1 Å². The molecule has 5 amide bonds. The van der Waals surface area contributed by atoms with Crippen molar-refractivity contribution in [2.75, 3.05) is 26.2 Å². The third kappa shape index (κ3) is 5.72. The highest BCUT2D eigenvalue weighted by Gasteiger charge is 2.40. The first-order valence-electron chi connectivity index (χ1n) is 13.2. The van der Waals surface area contributed by atoms with Crippen molar-refractivity contribution < 1.29 is 28.7 Å². The maximum Gasteiger partial charge on any atom is 0.317 e. The highest BCUT2D eigenvalue weighted by Crippen LogP contribution is 2.35. The third-order valence-corrected chi connectivity index (χ3v) is 7.64. The van der Waals surface area contributed by atoms with E-state index in [0.717, 1.165) is 11.1 Å². The normalized spacial score (nSPS) is 19.9. The van der Waals surface area contributed by atoms with Gasteiger partial charge in [-0.3, -0.25) is 19.7 Å². The predicted octanol–water partition coefficient (Wildman–Crippen LogP) is 3.17. The van der Waals surface area contributed by atoms with E-state index in [0.29, 0.717) is 54.4 Å². The molecular weight excluding hydrogens is 524 g/mol. The number of benzene rings is 2. The average molecular weight is 555 g/mol. The van der Waals surface area contributed by atoms with Gasteiger partial charge in [0.1, 0.15) is 18.4 Å². The monoisotopic (exact) mass is 554 g/mol. The Morgan fingerprint density at radius 1 is 1.26 bits per heavy atom. The number of ether oxygens (including phenoxy) is 2. The Hall–Kier alpha value is -3.63. The molecule has 3 heterocycles. The van der Waals surface area contributed by atoms with Crippen LogP contribution in [-0.2, 0) is 27.5 Å². The van der Waals surface area contributed by atoms with Gasteiger partial charge in [0, 0.05) is 35.7 Å². The molecule has 2 aromatic carbocycles. The van der Waals surface area contributed by atoms with Crippen molar-refractivity contribution in [1.29, 1.82) is 0 Å². The molecule has 3 aliphatic heterocycles. The number of nitrogens with one attached hydrogen (secondary N) is 2. The van der Waals surface area contributed by atoms with Crippen LogP contribution >= 0.6 is 11.6 Å². The molecule has 2 atom stereocenters. The smallest absolute Gasteiger partial charge is 0.317 e. The zero-order valence-electron chi connectivity index (χ0n) is 21.7. The summed E-state index contributed by atoms with van der Waals surface area (Å²) in [5.41, 5.74) is 3.39. The summed E-state index contributed by atoms with van der Waals surface area (Å²) in [6.07, 6.45) is 1.07. The van der Waals surface area contributed by atoms with Gasteiger partial charge in [0.15, 0.2) is 0 Å². The van der Waals surface area contributed by atoms with E-state index in [9.17, 15) is 19.2 Å². The molecular formula is C28H31ClN4O6. The van der Waals surface area contributed by atoms with Crippen molar-refractivity contribution in [2.45, 2.75) is 51.5 Å². The first kappa shape index (κ1) is 27.0. The van der Waals surface area contributed by atoms with Crippen LogP contribution in [0.1, 0.15) is 59.3 Å². The number of nitrogens with zero attached hydrogens (tertiary/aromatic N) is 2. The quantitative estimate of drug-likeness (QED) is 0.363. The minimum absolute atomic E-state index is 0.0912. The number of carbonyl (C=O) groups is 4. The molecule has 1 saturated heterocycles. The van der Waals surface area contributed by atoms with Crippen LogP contribution in [0.15, 0.2) is 36.4 Å². The minimum Gasteiger partial charge on any atom is -0.491 e. The summed E-state index contributed by atoms with van der Waals surface area (Å²) in [7, 11) is 0. The molecule has 10 nitrogen and oxygen atoms in total. The molecule has 5 rings (SSSR count). The molecule has 3 aliphatic rings. The molecule has 1 fully saturated rings. The summed E-state index contributed by atoms with van der Waals surface area (Å²) >= 11 is 6.15. The number of carbonyl (C=O) groups excluding carboxylic acids is 4. The largest absolute Gasteiger partial charge is 0.491 e. The number of imide groups is 1. The van der Waals surface area contributed by atoms with E-state index in [2.05, 4.69) is 10.6 Å². The van der Waals surface area contributed by atoms with Gasteiger partial charge in [-0.2, -0.15) is 0 Å². The summed E-state index contributed by atoms with van der Waals surface area (Å²) in [5, 5.41) is 5.87. The lowest BCUT2D eigenvalue weighted by Crippen LogP contribution is -2.52. The lowest BCUT2D eigenvalue weighted by molar-refractivity contribution is -0.136. The molecule has 0 radical (unpaired) electrons. The Morgan fingerprint density at radius 2 is 2.10 bits per heavy atom. The number of piperidine rings is 1. The zero-order valence-corrected chi connectivity index (χ0v) is 22.5. The van der Waals surface area contributed by atoms with Gasteiger partial charge in [0.05, 0.1) is 25.8 Å². The molecule has 0 bridgehead atoms. The molecule has 0 spiro atoms. The van der Waals surface area contributed by atoms with Crippen molar-refractivity contribution in [3.05, 3.63) is 63.7 Å². The Kier molecular flexibility index (Phi) is 8.04. The predicted molar refractivity (Wildman–Crippen MR) is 142 cm³/mol. The molecule has 39 heavy (non-hydrogen) atoms. The van der Waals surface area contributed by atoms with Crippen LogP contribution in [0.4, 0.5) is 4.79 Å². The highest BCUT2D eigenvalue weighted by atomic mass is 35.5. The van der Waals surface area contributed by atoms with Gasteiger partial charge >= 0.3 is 6.03 Å². The number of hydrogen-bond donors (Lipinski definition) is 2. The third-order valence-electron chi connectivity index (χ3n) is 7.40. The second-order valence-corrected chi connectivity index (χ2v) is 10.2. The Bertz CT molecular complexity index is 1300. The number of fused-ring (bicyclic) bond motifs is 2. The topological polar surface area (TPSA) is 117 Å². The van der Waals surface area contributed by atoms with Crippen LogP contribution in [0, 0.1) is 0 Å². The summed E-state index contributed by atoms with van der Waals surface area (Å²) in [6.45, 7) is 4.27. The summed E-state index contributed by atoms with van der Waals surface area (Å²) < 4.78 is 11.8. The van der Waals surface area contributed by atoms with Crippen LogP contribution in [0.2, 0.25) is 5.02 Å². The van der Waals surface area contributed by atoms with Crippen molar-refractivity contribution in [3.8, 4) is 5.75 Å². The van der Waals surface area contributed by atoms with Gasteiger partial charge in [0.2, 0.25) is 11.8 Å². The summed E-state index contributed by atoms with van der Waals surface area (Å²) in [4.78, 5) is 52.8.